The Bertz CT molecular complexity index is 722. The molecule has 0 aliphatic heterocycles. The first-order valence-corrected chi connectivity index (χ1v) is 5.19. The maximum atomic E-state index is 11.3. The Hall–Kier alpha value is -1.89. The first-order valence-electron chi connectivity index (χ1n) is 5.19. The van der Waals surface area contributed by atoms with E-state index in [0.717, 1.165) is 6.07 Å². The van der Waals surface area contributed by atoms with Crippen molar-refractivity contribution in [2.24, 2.45) is 0 Å². The van der Waals surface area contributed by atoms with Crippen LogP contribution in [0, 0.1) is 0 Å². The van der Waals surface area contributed by atoms with E-state index in [1.54, 1.807) is 12.1 Å². The Kier molecular flexibility index (Phi) is 4.88. The van der Waals surface area contributed by atoms with Crippen LogP contribution in [0.15, 0.2) is 30.3 Å². The van der Waals surface area contributed by atoms with E-state index in [0.29, 0.717) is 5.39 Å². The zero-order chi connectivity index (χ0) is 14.2. The standard InChI is InChI=1S/C13H8O6.Na/c14-11(15)8-5-6-3-1-2-4-7(6)9(12(16)17)10(8)13(18)19;/h1-5H,(H,14,15)(H,16,17)(H,18,19);. The molecule has 6 nitrogen and oxygen atoms in total. The van der Waals surface area contributed by atoms with E-state index in [1.807, 2.05) is 0 Å². The van der Waals surface area contributed by atoms with Crippen LogP contribution < -0.4 is 0 Å². The minimum Gasteiger partial charge on any atom is -0.478 e. The van der Waals surface area contributed by atoms with Crippen LogP contribution in [0.2, 0.25) is 0 Å². The fourth-order valence-corrected chi connectivity index (χ4v) is 1.96. The van der Waals surface area contributed by atoms with Gasteiger partial charge >= 0.3 is 17.9 Å². The maximum absolute atomic E-state index is 11.3. The van der Waals surface area contributed by atoms with Gasteiger partial charge in [-0.15, -0.1) is 0 Å². The molecule has 2 rings (SSSR count). The van der Waals surface area contributed by atoms with E-state index in [4.69, 9.17) is 15.3 Å². The number of rotatable bonds is 3. The zero-order valence-corrected chi connectivity index (χ0v) is 12.5. The molecular weight excluding hydrogens is 275 g/mol. The molecule has 3 N–H and O–H groups in total. The predicted octanol–water partition coefficient (Wildman–Crippen LogP) is 1.55. The minimum atomic E-state index is -1.58. The van der Waals surface area contributed by atoms with Crippen molar-refractivity contribution in [3.8, 4) is 0 Å². The average Bonchev–Trinajstić information content (AvgIpc) is 2.35. The third-order valence-electron chi connectivity index (χ3n) is 2.71. The van der Waals surface area contributed by atoms with Gasteiger partial charge in [0.15, 0.2) is 0 Å². The van der Waals surface area contributed by atoms with Crippen LogP contribution >= 0.6 is 0 Å². The third-order valence-corrected chi connectivity index (χ3v) is 2.71. The van der Waals surface area contributed by atoms with Crippen molar-refractivity contribution in [3.63, 3.8) is 0 Å². The Balaban J connectivity index is 0.00000200. The summed E-state index contributed by atoms with van der Waals surface area (Å²) in [4.78, 5) is 33.5. The Labute approximate surface area is 134 Å². The van der Waals surface area contributed by atoms with Crippen LogP contribution in [0.25, 0.3) is 10.8 Å². The molecule has 0 aromatic heterocycles. The monoisotopic (exact) mass is 283 g/mol. The number of fused-ring (bicyclic) bond motifs is 1. The summed E-state index contributed by atoms with van der Waals surface area (Å²) in [6, 6.07) is 7.30. The van der Waals surface area contributed by atoms with Crippen LogP contribution in [0.4, 0.5) is 0 Å². The number of carboxylic acid groups (broad SMARTS) is 3. The van der Waals surface area contributed by atoms with Crippen LogP contribution in [-0.2, 0) is 0 Å². The van der Waals surface area contributed by atoms with Gasteiger partial charge in [-0.3, -0.25) is 0 Å². The number of carboxylic acids is 3. The van der Waals surface area contributed by atoms with Crippen LogP contribution in [-0.4, -0.2) is 62.8 Å². The fraction of sp³-hybridized carbons (Fsp3) is 0. The summed E-state index contributed by atoms with van der Waals surface area (Å²) >= 11 is 0. The molecular formula is C13H8NaO6. The van der Waals surface area contributed by atoms with Crippen molar-refractivity contribution >= 4 is 58.2 Å². The summed E-state index contributed by atoms with van der Waals surface area (Å²) in [6.07, 6.45) is 0. The Morgan fingerprint density at radius 3 is 1.85 bits per heavy atom. The zero-order valence-electron chi connectivity index (χ0n) is 10.5. The first kappa shape index (κ1) is 16.2. The topological polar surface area (TPSA) is 112 Å². The molecule has 0 fully saturated rings. The maximum Gasteiger partial charge on any atom is 0.337 e. The third kappa shape index (κ3) is 2.67. The van der Waals surface area contributed by atoms with Crippen molar-refractivity contribution in [1.29, 1.82) is 0 Å². The van der Waals surface area contributed by atoms with Gasteiger partial charge in [-0.1, -0.05) is 24.3 Å². The van der Waals surface area contributed by atoms with Gasteiger partial charge in [-0.05, 0) is 16.8 Å². The largest absolute Gasteiger partial charge is 0.478 e. The van der Waals surface area contributed by atoms with Gasteiger partial charge in [0.25, 0.3) is 0 Å². The molecule has 0 aliphatic rings. The quantitative estimate of drug-likeness (QED) is 0.737. The molecule has 0 atom stereocenters. The molecule has 20 heavy (non-hydrogen) atoms. The van der Waals surface area contributed by atoms with Crippen molar-refractivity contribution < 1.29 is 29.7 Å². The van der Waals surface area contributed by atoms with Crippen LogP contribution in [0.3, 0.4) is 0 Å². The molecule has 7 heteroatoms. The average molecular weight is 283 g/mol. The molecule has 0 aliphatic carbocycles. The van der Waals surface area contributed by atoms with Gasteiger partial charge < -0.3 is 15.3 Å². The Morgan fingerprint density at radius 2 is 1.35 bits per heavy atom. The van der Waals surface area contributed by atoms with Crippen LogP contribution in [0.1, 0.15) is 31.1 Å². The molecule has 0 heterocycles. The second-order valence-electron chi connectivity index (χ2n) is 3.81. The molecule has 0 amide bonds. The molecule has 0 saturated carbocycles. The van der Waals surface area contributed by atoms with E-state index in [9.17, 15) is 14.4 Å². The molecule has 0 bridgehead atoms. The van der Waals surface area contributed by atoms with Gasteiger partial charge in [0.05, 0.1) is 16.7 Å². The second kappa shape index (κ2) is 6.04. The van der Waals surface area contributed by atoms with Crippen molar-refractivity contribution in [2.75, 3.05) is 0 Å². The number of hydrogen-bond donors (Lipinski definition) is 3. The minimum absolute atomic E-state index is 0. The van der Waals surface area contributed by atoms with Crippen molar-refractivity contribution in [1.82, 2.24) is 0 Å². The van der Waals surface area contributed by atoms with E-state index in [2.05, 4.69) is 0 Å². The summed E-state index contributed by atoms with van der Waals surface area (Å²) in [5.74, 6) is -4.54. The molecule has 2 aromatic rings. The summed E-state index contributed by atoms with van der Waals surface area (Å²) in [5.41, 5.74) is -1.76. The fourth-order valence-electron chi connectivity index (χ4n) is 1.96. The number of benzene rings is 2. The summed E-state index contributed by atoms with van der Waals surface area (Å²) in [6.45, 7) is 0. The summed E-state index contributed by atoms with van der Waals surface area (Å²) in [5, 5.41) is 27.8. The summed E-state index contributed by atoms with van der Waals surface area (Å²) in [7, 11) is 0. The smallest absolute Gasteiger partial charge is 0.337 e. The molecule has 2 aromatic carbocycles. The molecule has 97 valence electrons. The first-order chi connectivity index (χ1) is 8.93. The number of carbonyl (C=O) groups is 3. The second-order valence-corrected chi connectivity index (χ2v) is 3.81. The molecule has 0 saturated heterocycles. The molecule has 0 spiro atoms. The van der Waals surface area contributed by atoms with Gasteiger partial charge in [-0.2, -0.15) is 0 Å². The van der Waals surface area contributed by atoms with Gasteiger partial charge in [0.2, 0.25) is 0 Å². The normalized spacial score (nSPS) is 9.80. The number of hydrogen-bond acceptors (Lipinski definition) is 3. The SMILES string of the molecule is O=C(O)c1cc2ccccc2c(C(=O)O)c1C(=O)O.[Na]. The van der Waals surface area contributed by atoms with E-state index in [1.165, 1.54) is 12.1 Å². The van der Waals surface area contributed by atoms with Gasteiger partial charge in [0.1, 0.15) is 0 Å². The van der Waals surface area contributed by atoms with Gasteiger partial charge in [0, 0.05) is 29.6 Å². The predicted molar refractivity (Wildman–Crippen MR) is 70.6 cm³/mol. The van der Waals surface area contributed by atoms with Crippen molar-refractivity contribution in [2.45, 2.75) is 0 Å². The van der Waals surface area contributed by atoms with E-state index < -0.39 is 34.6 Å². The van der Waals surface area contributed by atoms with E-state index in [-0.39, 0.29) is 34.9 Å². The summed E-state index contributed by atoms with van der Waals surface area (Å²) < 4.78 is 0. The molecule has 1 radical (unpaired) electrons. The number of aromatic carboxylic acids is 3. The molecule has 0 unspecified atom stereocenters. The van der Waals surface area contributed by atoms with Crippen LogP contribution in [0.5, 0.6) is 0 Å². The van der Waals surface area contributed by atoms with Crippen molar-refractivity contribution in [3.05, 3.63) is 47.0 Å². The van der Waals surface area contributed by atoms with E-state index >= 15 is 0 Å². The van der Waals surface area contributed by atoms with Gasteiger partial charge in [-0.25, -0.2) is 14.4 Å². The Morgan fingerprint density at radius 1 is 0.800 bits per heavy atom.